The molecule has 5 heteroatoms. The highest BCUT2D eigenvalue weighted by Crippen LogP contribution is 2.28. The van der Waals surface area contributed by atoms with Gasteiger partial charge < -0.3 is 9.52 Å². The van der Waals surface area contributed by atoms with Gasteiger partial charge in [0.25, 0.3) is 0 Å². The first-order valence-electron chi connectivity index (χ1n) is 4.93. The van der Waals surface area contributed by atoms with Gasteiger partial charge in [0.1, 0.15) is 5.82 Å². The summed E-state index contributed by atoms with van der Waals surface area (Å²) in [6.45, 7) is 0. The van der Waals surface area contributed by atoms with Crippen molar-refractivity contribution >= 4 is 27.5 Å². The number of furan rings is 1. The van der Waals surface area contributed by atoms with E-state index in [0.29, 0.717) is 11.1 Å². The Morgan fingerprint density at radius 2 is 2.18 bits per heavy atom. The van der Waals surface area contributed by atoms with E-state index in [1.165, 1.54) is 12.3 Å². The average molecular weight is 320 g/mol. The fourth-order valence-electron chi connectivity index (χ4n) is 1.56. The number of rotatable bonds is 3. The van der Waals surface area contributed by atoms with E-state index >= 15 is 0 Å². The van der Waals surface area contributed by atoms with Crippen LogP contribution in [0.4, 0.5) is 4.39 Å². The van der Waals surface area contributed by atoms with Gasteiger partial charge >= 0.3 is 0 Å². The molecule has 2 aromatic rings. The van der Waals surface area contributed by atoms with Crippen LogP contribution >= 0.6 is 27.5 Å². The maximum atomic E-state index is 13.5. The van der Waals surface area contributed by atoms with Gasteiger partial charge in [0.15, 0.2) is 5.22 Å². The molecule has 1 N–H and O–H groups in total. The van der Waals surface area contributed by atoms with E-state index < -0.39 is 6.10 Å². The van der Waals surface area contributed by atoms with Crippen LogP contribution in [0.25, 0.3) is 0 Å². The molecule has 0 aliphatic rings. The summed E-state index contributed by atoms with van der Waals surface area (Å²) in [5.41, 5.74) is 0.884. The van der Waals surface area contributed by atoms with Gasteiger partial charge in [-0.15, -0.1) is 0 Å². The zero-order valence-electron chi connectivity index (χ0n) is 8.66. The van der Waals surface area contributed by atoms with E-state index in [9.17, 15) is 9.50 Å². The summed E-state index contributed by atoms with van der Waals surface area (Å²) in [6, 6.07) is 6.16. The highest BCUT2D eigenvalue weighted by atomic mass is 79.9. The van der Waals surface area contributed by atoms with Crippen molar-refractivity contribution in [1.82, 2.24) is 0 Å². The van der Waals surface area contributed by atoms with E-state index in [1.54, 1.807) is 18.2 Å². The van der Waals surface area contributed by atoms with E-state index in [-0.39, 0.29) is 17.5 Å². The van der Waals surface area contributed by atoms with Gasteiger partial charge in [-0.2, -0.15) is 0 Å². The molecule has 0 spiro atoms. The zero-order chi connectivity index (χ0) is 12.4. The van der Waals surface area contributed by atoms with Crippen LogP contribution in [0.3, 0.4) is 0 Å². The molecule has 0 amide bonds. The van der Waals surface area contributed by atoms with Gasteiger partial charge in [-0.05, 0) is 41.4 Å². The summed E-state index contributed by atoms with van der Waals surface area (Å²) >= 11 is 9.00. The summed E-state index contributed by atoms with van der Waals surface area (Å²) < 4.78 is 19.1. The van der Waals surface area contributed by atoms with Crippen molar-refractivity contribution in [3.05, 3.63) is 57.2 Å². The minimum absolute atomic E-state index is 0.132. The standard InChI is InChI=1S/C12H9BrClFO2/c13-8-1-2-10(15)7(5-8)6-11(16)9-3-4-17-12(9)14/h1-5,11,16H,6H2. The van der Waals surface area contributed by atoms with Gasteiger partial charge in [0, 0.05) is 16.5 Å². The van der Waals surface area contributed by atoms with Crippen molar-refractivity contribution in [2.75, 3.05) is 0 Å². The normalized spacial score (nSPS) is 12.7. The quantitative estimate of drug-likeness (QED) is 0.923. The SMILES string of the molecule is OC(Cc1cc(Br)ccc1F)c1ccoc1Cl. The molecule has 0 saturated carbocycles. The molecular weight excluding hydrogens is 310 g/mol. The monoisotopic (exact) mass is 318 g/mol. The number of aliphatic hydroxyl groups is 1. The third-order valence-electron chi connectivity index (χ3n) is 2.43. The molecule has 1 aromatic carbocycles. The predicted molar refractivity (Wildman–Crippen MR) is 66.5 cm³/mol. The van der Waals surface area contributed by atoms with Crippen molar-refractivity contribution in [2.45, 2.75) is 12.5 Å². The molecule has 17 heavy (non-hydrogen) atoms. The number of aliphatic hydroxyl groups excluding tert-OH is 1. The number of hydrogen-bond acceptors (Lipinski definition) is 2. The van der Waals surface area contributed by atoms with Crippen molar-refractivity contribution in [1.29, 1.82) is 0 Å². The number of hydrogen-bond donors (Lipinski definition) is 1. The Balaban J connectivity index is 2.21. The first kappa shape index (κ1) is 12.6. The van der Waals surface area contributed by atoms with Gasteiger partial charge in [-0.25, -0.2) is 4.39 Å². The molecule has 2 rings (SSSR count). The van der Waals surface area contributed by atoms with Crippen LogP contribution in [0.15, 0.2) is 39.4 Å². The minimum atomic E-state index is -0.884. The lowest BCUT2D eigenvalue weighted by Crippen LogP contribution is -2.03. The molecule has 90 valence electrons. The van der Waals surface area contributed by atoms with Crippen molar-refractivity contribution in [2.24, 2.45) is 0 Å². The molecule has 0 aliphatic heterocycles. The second kappa shape index (κ2) is 5.21. The van der Waals surface area contributed by atoms with Crippen LogP contribution < -0.4 is 0 Å². The van der Waals surface area contributed by atoms with Crippen molar-refractivity contribution in [3.8, 4) is 0 Å². The van der Waals surface area contributed by atoms with Crippen LogP contribution in [0.2, 0.25) is 5.22 Å². The Morgan fingerprint density at radius 1 is 1.41 bits per heavy atom. The van der Waals surface area contributed by atoms with Crippen LogP contribution in [0, 0.1) is 5.82 Å². The summed E-state index contributed by atoms with van der Waals surface area (Å²) in [6.07, 6.45) is 0.646. The Kier molecular flexibility index (Phi) is 3.86. The molecule has 1 atom stereocenters. The van der Waals surface area contributed by atoms with Gasteiger partial charge in [-0.3, -0.25) is 0 Å². The third-order valence-corrected chi connectivity index (χ3v) is 3.23. The molecular formula is C12H9BrClFO2. The lowest BCUT2D eigenvalue weighted by atomic mass is 10.0. The van der Waals surface area contributed by atoms with Gasteiger partial charge in [0.05, 0.1) is 12.4 Å². The largest absolute Gasteiger partial charge is 0.453 e. The zero-order valence-corrected chi connectivity index (χ0v) is 11.0. The summed E-state index contributed by atoms with van der Waals surface area (Å²) in [7, 11) is 0. The van der Waals surface area contributed by atoms with Crippen molar-refractivity contribution < 1.29 is 13.9 Å². The molecule has 1 unspecified atom stereocenters. The second-order valence-corrected chi connectivity index (χ2v) is 4.86. The molecule has 1 heterocycles. The fraction of sp³-hybridized carbons (Fsp3) is 0.167. The Bertz CT molecular complexity index is 527. The molecule has 0 bridgehead atoms. The van der Waals surface area contributed by atoms with E-state index in [2.05, 4.69) is 15.9 Å². The predicted octanol–water partition coefficient (Wildman–Crippen LogP) is 4.11. The van der Waals surface area contributed by atoms with Crippen LogP contribution in [0.1, 0.15) is 17.2 Å². The van der Waals surface area contributed by atoms with Crippen molar-refractivity contribution in [3.63, 3.8) is 0 Å². The molecule has 0 fully saturated rings. The average Bonchev–Trinajstić information content (AvgIpc) is 2.70. The van der Waals surface area contributed by atoms with Crippen LogP contribution in [-0.4, -0.2) is 5.11 Å². The topological polar surface area (TPSA) is 33.4 Å². The summed E-state index contributed by atoms with van der Waals surface area (Å²) in [5, 5.41) is 10.1. The van der Waals surface area contributed by atoms with E-state index in [1.807, 2.05) is 0 Å². The molecule has 0 aliphatic carbocycles. The van der Waals surface area contributed by atoms with Gasteiger partial charge in [0.2, 0.25) is 0 Å². The summed E-state index contributed by atoms with van der Waals surface area (Å²) in [5.74, 6) is -0.355. The van der Waals surface area contributed by atoms with E-state index in [4.69, 9.17) is 16.0 Å². The third kappa shape index (κ3) is 2.89. The van der Waals surface area contributed by atoms with Crippen LogP contribution in [0.5, 0.6) is 0 Å². The minimum Gasteiger partial charge on any atom is -0.453 e. The Hall–Kier alpha value is -0.840. The second-order valence-electron chi connectivity index (χ2n) is 3.61. The van der Waals surface area contributed by atoms with E-state index in [0.717, 1.165) is 4.47 Å². The molecule has 1 aromatic heterocycles. The number of halogens is 3. The lowest BCUT2D eigenvalue weighted by Gasteiger charge is -2.10. The maximum Gasteiger partial charge on any atom is 0.198 e. The van der Waals surface area contributed by atoms with Gasteiger partial charge in [-0.1, -0.05) is 15.9 Å². The smallest absolute Gasteiger partial charge is 0.198 e. The molecule has 0 radical (unpaired) electrons. The molecule has 2 nitrogen and oxygen atoms in total. The first-order chi connectivity index (χ1) is 8.08. The highest BCUT2D eigenvalue weighted by Gasteiger charge is 2.16. The fourth-order valence-corrected chi connectivity index (χ4v) is 2.21. The highest BCUT2D eigenvalue weighted by molar-refractivity contribution is 9.10. The Labute approximate surface area is 111 Å². The number of benzene rings is 1. The first-order valence-corrected chi connectivity index (χ1v) is 6.10. The van der Waals surface area contributed by atoms with Crippen LogP contribution in [-0.2, 0) is 6.42 Å². The maximum absolute atomic E-state index is 13.5. The lowest BCUT2D eigenvalue weighted by molar-refractivity contribution is 0.176. The summed E-state index contributed by atoms with van der Waals surface area (Å²) in [4.78, 5) is 0. The Morgan fingerprint density at radius 3 is 2.82 bits per heavy atom. The molecule has 0 saturated heterocycles.